The van der Waals surface area contributed by atoms with Gasteiger partial charge in [-0.3, -0.25) is 9.69 Å². The molecule has 0 spiro atoms. The number of nitrogens with two attached hydrogens (primary N) is 1. The fourth-order valence-electron chi connectivity index (χ4n) is 1.45. The molecule has 0 aromatic carbocycles. The number of likely N-dealkylation sites (N-methyl/N-ethyl adjacent to an activating group) is 1. The Morgan fingerprint density at radius 3 is 2.87 bits per heavy atom. The van der Waals surface area contributed by atoms with Crippen LogP contribution in [-0.2, 0) is 11.3 Å². The first-order chi connectivity index (χ1) is 7.19. The molecule has 1 unspecified atom stereocenters. The molecule has 0 aliphatic heterocycles. The number of hydrogen-bond acceptors (Lipinski definition) is 4. The summed E-state index contributed by atoms with van der Waals surface area (Å²) in [7, 11) is 0. The number of carboxylic acid groups (broad SMARTS) is 1. The summed E-state index contributed by atoms with van der Waals surface area (Å²) in [6.45, 7) is 3.09. The molecular weight excluding hydrogens is 196 g/mol. The zero-order valence-corrected chi connectivity index (χ0v) is 8.72. The lowest BCUT2D eigenvalue weighted by atomic mass is 10.2. The van der Waals surface area contributed by atoms with E-state index in [9.17, 15) is 4.79 Å². The Bertz CT molecular complexity index is 298. The summed E-state index contributed by atoms with van der Waals surface area (Å²) in [5.41, 5.74) is 5.43. The van der Waals surface area contributed by atoms with Crippen LogP contribution in [0.2, 0.25) is 0 Å². The van der Waals surface area contributed by atoms with Gasteiger partial charge in [0.15, 0.2) is 0 Å². The summed E-state index contributed by atoms with van der Waals surface area (Å²) in [6.07, 6.45) is 1.57. The average molecular weight is 212 g/mol. The van der Waals surface area contributed by atoms with Gasteiger partial charge in [-0.25, -0.2) is 0 Å². The van der Waals surface area contributed by atoms with Gasteiger partial charge in [-0.15, -0.1) is 0 Å². The maximum absolute atomic E-state index is 10.9. The lowest BCUT2D eigenvalue weighted by molar-refractivity contribution is -0.143. The molecule has 84 valence electrons. The van der Waals surface area contributed by atoms with Crippen LogP contribution in [0.5, 0.6) is 0 Å². The highest BCUT2D eigenvalue weighted by Gasteiger charge is 2.23. The summed E-state index contributed by atoms with van der Waals surface area (Å²) in [6, 6.07) is 2.94. The van der Waals surface area contributed by atoms with Gasteiger partial charge in [-0.2, -0.15) is 0 Å². The Hall–Kier alpha value is -1.33. The number of carboxylic acids is 1. The van der Waals surface area contributed by atoms with Gasteiger partial charge < -0.3 is 15.3 Å². The SMILES string of the molecule is CCN(Cc1ccco1)C(CN)C(=O)O. The van der Waals surface area contributed by atoms with Gasteiger partial charge in [-0.1, -0.05) is 6.92 Å². The summed E-state index contributed by atoms with van der Waals surface area (Å²) >= 11 is 0. The standard InChI is InChI=1S/C10H16N2O3/c1-2-12(9(6-11)10(13)14)7-8-4-3-5-15-8/h3-5,9H,2,6-7,11H2,1H3,(H,13,14). The van der Waals surface area contributed by atoms with Crippen LogP contribution in [0.4, 0.5) is 0 Å². The first-order valence-corrected chi connectivity index (χ1v) is 4.88. The minimum absolute atomic E-state index is 0.101. The Morgan fingerprint density at radius 1 is 1.73 bits per heavy atom. The fourth-order valence-corrected chi connectivity index (χ4v) is 1.45. The third-order valence-electron chi connectivity index (χ3n) is 2.29. The molecule has 5 nitrogen and oxygen atoms in total. The van der Waals surface area contributed by atoms with E-state index in [2.05, 4.69) is 0 Å². The lowest BCUT2D eigenvalue weighted by Gasteiger charge is -2.25. The van der Waals surface area contributed by atoms with Crippen molar-refractivity contribution in [2.75, 3.05) is 13.1 Å². The van der Waals surface area contributed by atoms with Crippen molar-refractivity contribution in [1.29, 1.82) is 0 Å². The molecule has 1 rings (SSSR count). The Morgan fingerprint density at radius 2 is 2.47 bits per heavy atom. The molecule has 0 bridgehead atoms. The maximum Gasteiger partial charge on any atom is 0.322 e. The molecule has 0 saturated carbocycles. The minimum Gasteiger partial charge on any atom is -0.480 e. The number of aliphatic carboxylic acids is 1. The summed E-state index contributed by atoms with van der Waals surface area (Å²) in [5, 5.41) is 8.95. The summed E-state index contributed by atoms with van der Waals surface area (Å²) in [5.74, 6) is -0.151. The van der Waals surface area contributed by atoms with E-state index in [0.29, 0.717) is 13.1 Å². The van der Waals surface area contributed by atoms with Crippen LogP contribution in [0, 0.1) is 0 Å². The van der Waals surface area contributed by atoms with Crippen molar-refractivity contribution in [1.82, 2.24) is 4.90 Å². The van der Waals surface area contributed by atoms with Gasteiger partial charge >= 0.3 is 5.97 Å². The van der Waals surface area contributed by atoms with E-state index in [4.69, 9.17) is 15.3 Å². The predicted octanol–water partition coefficient (Wildman–Crippen LogP) is 0.513. The quantitative estimate of drug-likeness (QED) is 0.718. The number of hydrogen-bond donors (Lipinski definition) is 2. The van der Waals surface area contributed by atoms with Crippen molar-refractivity contribution < 1.29 is 14.3 Å². The number of nitrogens with zero attached hydrogens (tertiary/aromatic N) is 1. The van der Waals surface area contributed by atoms with Crippen LogP contribution >= 0.6 is 0 Å². The van der Waals surface area contributed by atoms with E-state index in [-0.39, 0.29) is 6.54 Å². The molecule has 1 heterocycles. The molecule has 0 radical (unpaired) electrons. The van der Waals surface area contributed by atoms with Crippen molar-refractivity contribution >= 4 is 5.97 Å². The van der Waals surface area contributed by atoms with Crippen LogP contribution < -0.4 is 5.73 Å². The number of carbonyl (C=O) groups is 1. The van der Waals surface area contributed by atoms with E-state index in [0.717, 1.165) is 5.76 Å². The zero-order valence-electron chi connectivity index (χ0n) is 8.72. The summed E-state index contributed by atoms with van der Waals surface area (Å²) < 4.78 is 5.16. The molecule has 1 aromatic heterocycles. The van der Waals surface area contributed by atoms with E-state index in [1.165, 1.54) is 0 Å². The average Bonchev–Trinajstić information content (AvgIpc) is 2.69. The second-order valence-corrected chi connectivity index (χ2v) is 3.23. The predicted molar refractivity (Wildman–Crippen MR) is 55.3 cm³/mol. The van der Waals surface area contributed by atoms with E-state index >= 15 is 0 Å². The Kier molecular flexibility index (Phi) is 4.33. The van der Waals surface area contributed by atoms with Gasteiger partial charge in [0.05, 0.1) is 12.8 Å². The van der Waals surface area contributed by atoms with Gasteiger partial charge in [0, 0.05) is 6.54 Å². The van der Waals surface area contributed by atoms with E-state index in [1.807, 2.05) is 13.0 Å². The van der Waals surface area contributed by atoms with Crippen molar-refractivity contribution in [3.8, 4) is 0 Å². The van der Waals surface area contributed by atoms with E-state index < -0.39 is 12.0 Å². The summed E-state index contributed by atoms with van der Waals surface area (Å²) in [4.78, 5) is 12.7. The van der Waals surface area contributed by atoms with Gasteiger partial charge in [-0.05, 0) is 18.7 Å². The molecule has 1 atom stereocenters. The normalized spacial score (nSPS) is 13.0. The van der Waals surface area contributed by atoms with Crippen LogP contribution in [0.3, 0.4) is 0 Å². The fraction of sp³-hybridized carbons (Fsp3) is 0.500. The van der Waals surface area contributed by atoms with Gasteiger partial charge in [0.25, 0.3) is 0 Å². The molecular formula is C10H16N2O3. The van der Waals surface area contributed by atoms with Gasteiger partial charge in [0.2, 0.25) is 0 Å². The monoisotopic (exact) mass is 212 g/mol. The highest BCUT2D eigenvalue weighted by Crippen LogP contribution is 2.08. The van der Waals surface area contributed by atoms with Crippen LogP contribution in [0.25, 0.3) is 0 Å². The molecule has 3 N–H and O–H groups in total. The van der Waals surface area contributed by atoms with Crippen molar-refractivity contribution in [2.24, 2.45) is 5.73 Å². The molecule has 0 aliphatic carbocycles. The molecule has 0 amide bonds. The topological polar surface area (TPSA) is 79.7 Å². The zero-order chi connectivity index (χ0) is 11.3. The second kappa shape index (κ2) is 5.53. The smallest absolute Gasteiger partial charge is 0.322 e. The highest BCUT2D eigenvalue weighted by molar-refractivity contribution is 5.73. The third kappa shape index (κ3) is 3.07. The molecule has 15 heavy (non-hydrogen) atoms. The second-order valence-electron chi connectivity index (χ2n) is 3.23. The van der Waals surface area contributed by atoms with Crippen molar-refractivity contribution in [3.63, 3.8) is 0 Å². The lowest BCUT2D eigenvalue weighted by Crippen LogP contribution is -2.45. The first kappa shape index (κ1) is 11.7. The molecule has 0 saturated heterocycles. The largest absolute Gasteiger partial charge is 0.480 e. The first-order valence-electron chi connectivity index (χ1n) is 4.88. The van der Waals surface area contributed by atoms with Crippen LogP contribution in [-0.4, -0.2) is 35.1 Å². The Labute approximate surface area is 88.5 Å². The maximum atomic E-state index is 10.9. The molecule has 0 fully saturated rings. The van der Waals surface area contributed by atoms with Gasteiger partial charge in [0.1, 0.15) is 11.8 Å². The highest BCUT2D eigenvalue weighted by atomic mass is 16.4. The molecule has 0 aliphatic rings. The van der Waals surface area contributed by atoms with Crippen LogP contribution in [0.1, 0.15) is 12.7 Å². The van der Waals surface area contributed by atoms with Crippen molar-refractivity contribution in [2.45, 2.75) is 19.5 Å². The Balaban J connectivity index is 2.65. The number of furan rings is 1. The minimum atomic E-state index is -0.897. The third-order valence-corrected chi connectivity index (χ3v) is 2.29. The van der Waals surface area contributed by atoms with Crippen LogP contribution in [0.15, 0.2) is 22.8 Å². The number of rotatable bonds is 6. The van der Waals surface area contributed by atoms with Crippen molar-refractivity contribution in [3.05, 3.63) is 24.2 Å². The van der Waals surface area contributed by atoms with E-state index in [1.54, 1.807) is 17.2 Å². The molecule has 1 aromatic rings. The molecule has 5 heteroatoms.